The van der Waals surface area contributed by atoms with E-state index in [1.54, 1.807) is 18.5 Å². The minimum absolute atomic E-state index is 0.0533. The molecule has 0 aromatic carbocycles. The Morgan fingerprint density at radius 3 is 2.88 bits per heavy atom. The van der Waals surface area contributed by atoms with E-state index in [4.69, 9.17) is 5.26 Å². The summed E-state index contributed by atoms with van der Waals surface area (Å²) in [4.78, 5) is 12.1. The lowest BCUT2D eigenvalue weighted by molar-refractivity contribution is -0.123. The fraction of sp³-hybridized carbons (Fsp3) is 0.538. The fourth-order valence-corrected chi connectivity index (χ4v) is 2.35. The molecule has 1 unspecified atom stereocenters. The van der Waals surface area contributed by atoms with Gasteiger partial charge < -0.3 is 10.6 Å². The molecular formula is C13H17N3O. The molecule has 0 bridgehead atoms. The molecule has 1 aliphatic heterocycles. The van der Waals surface area contributed by atoms with E-state index in [-0.39, 0.29) is 5.91 Å². The largest absolute Gasteiger partial charge is 0.367 e. The van der Waals surface area contributed by atoms with E-state index in [0.29, 0.717) is 11.6 Å². The van der Waals surface area contributed by atoms with Crippen molar-refractivity contribution in [2.75, 3.05) is 0 Å². The number of nitrogens with one attached hydrogen (secondary N) is 2. The second-order valence-electron chi connectivity index (χ2n) is 4.56. The van der Waals surface area contributed by atoms with Crippen LogP contribution in [0.3, 0.4) is 0 Å². The van der Waals surface area contributed by atoms with E-state index in [9.17, 15) is 4.79 Å². The van der Waals surface area contributed by atoms with Crippen molar-refractivity contribution in [2.24, 2.45) is 5.92 Å². The molecule has 1 aliphatic carbocycles. The molecule has 1 amide bonds. The van der Waals surface area contributed by atoms with E-state index >= 15 is 0 Å². The van der Waals surface area contributed by atoms with Crippen molar-refractivity contribution in [2.45, 2.75) is 38.1 Å². The summed E-state index contributed by atoms with van der Waals surface area (Å²) in [5.74, 6) is -0.481. The molecule has 17 heavy (non-hydrogen) atoms. The maximum atomic E-state index is 12.1. The minimum atomic E-state index is -0.428. The number of carbonyl (C=O) groups is 1. The van der Waals surface area contributed by atoms with Crippen molar-refractivity contribution < 1.29 is 4.79 Å². The van der Waals surface area contributed by atoms with Crippen LogP contribution >= 0.6 is 0 Å². The van der Waals surface area contributed by atoms with Gasteiger partial charge in [-0.15, -0.1) is 0 Å². The van der Waals surface area contributed by atoms with Crippen molar-refractivity contribution in [3.8, 4) is 6.07 Å². The highest BCUT2D eigenvalue weighted by Gasteiger charge is 2.24. The van der Waals surface area contributed by atoms with E-state index in [0.717, 1.165) is 12.8 Å². The van der Waals surface area contributed by atoms with E-state index in [1.165, 1.54) is 19.3 Å². The number of nitriles is 1. The van der Waals surface area contributed by atoms with Gasteiger partial charge in [-0.3, -0.25) is 4.79 Å². The third-order valence-electron chi connectivity index (χ3n) is 3.32. The molecule has 4 heteroatoms. The Labute approximate surface area is 101 Å². The first kappa shape index (κ1) is 11.7. The summed E-state index contributed by atoms with van der Waals surface area (Å²) in [6, 6.07) is 2.35. The first-order chi connectivity index (χ1) is 8.31. The molecule has 0 radical (unpaired) electrons. The zero-order valence-electron chi connectivity index (χ0n) is 9.78. The molecule has 0 aromatic rings. The Kier molecular flexibility index (Phi) is 3.81. The van der Waals surface area contributed by atoms with Gasteiger partial charge in [0.15, 0.2) is 0 Å². The summed E-state index contributed by atoms with van der Waals surface area (Å²) in [5, 5.41) is 14.8. The highest BCUT2D eigenvalue weighted by molar-refractivity contribution is 5.85. The number of nitrogens with zero attached hydrogens (tertiary/aromatic N) is 1. The summed E-state index contributed by atoms with van der Waals surface area (Å²) in [6.07, 6.45) is 10.8. The van der Waals surface area contributed by atoms with Crippen molar-refractivity contribution in [1.29, 1.82) is 5.26 Å². The molecule has 2 aliphatic rings. The van der Waals surface area contributed by atoms with Gasteiger partial charge in [-0.05, 0) is 19.0 Å². The Morgan fingerprint density at radius 1 is 1.41 bits per heavy atom. The smallest absolute Gasteiger partial charge is 0.232 e. The predicted octanol–water partition coefficient (Wildman–Crippen LogP) is 1.58. The summed E-state index contributed by atoms with van der Waals surface area (Å²) in [5.41, 5.74) is 0.473. The SMILES string of the molecule is N#CC1=CNC=CC1C(=O)NC1CCCCC1. The summed E-state index contributed by atoms with van der Waals surface area (Å²) in [7, 11) is 0. The van der Waals surface area contributed by atoms with Crippen LogP contribution < -0.4 is 10.6 Å². The standard InChI is InChI=1S/C13H17N3O/c14-8-10-9-15-7-6-12(10)13(17)16-11-4-2-1-3-5-11/h6-7,9,11-12,15H,1-5H2,(H,16,17). The van der Waals surface area contributed by atoms with Gasteiger partial charge >= 0.3 is 0 Å². The predicted molar refractivity (Wildman–Crippen MR) is 64.5 cm³/mol. The molecule has 0 spiro atoms. The van der Waals surface area contributed by atoms with Crippen LogP contribution in [0.15, 0.2) is 24.0 Å². The van der Waals surface area contributed by atoms with Crippen LogP contribution in [0, 0.1) is 17.2 Å². The van der Waals surface area contributed by atoms with Gasteiger partial charge in [0, 0.05) is 12.2 Å². The molecule has 1 heterocycles. The summed E-state index contributed by atoms with van der Waals surface area (Å²) in [6.45, 7) is 0. The maximum Gasteiger partial charge on any atom is 0.232 e. The number of carbonyl (C=O) groups excluding carboxylic acids is 1. The van der Waals surface area contributed by atoms with E-state index < -0.39 is 5.92 Å². The Hall–Kier alpha value is -1.76. The van der Waals surface area contributed by atoms with Gasteiger partial charge in [0.05, 0.1) is 17.6 Å². The molecular weight excluding hydrogens is 214 g/mol. The lowest BCUT2D eigenvalue weighted by Crippen LogP contribution is -2.40. The lowest BCUT2D eigenvalue weighted by atomic mass is 9.93. The maximum absolute atomic E-state index is 12.1. The van der Waals surface area contributed by atoms with Crippen molar-refractivity contribution >= 4 is 5.91 Å². The van der Waals surface area contributed by atoms with Gasteiger partial charge in [0.1, 0.15) is 0 Å². The van der Waals surface area contributed by atoms with Crippen LogP contribution in [-0.2, 0) is 4.79 Å². The number of hydrogen-bond acceptors (Lipinski definition) is 3. The molecule has 2 rings (SSSR count). The number of rotatable bonds is 2. The van der Waals surface area contributed by atoms with Gasteiger partial charge in [-0.25, -0.2) is 0 Å². The molecule has 90 valence electrons. The molecule has 2 N–H and O–H groups in total. The highest BCUT2D eigenvalue weighted by Crippen LogP contribution is 2.20. The van der Waals surface area contributed by atoms with Gasteiger partial charge in [-0.1, -0.05) is 25.3 Å². The second kappa shape index (κ2) is 5.53. The van der Waals surface area contributed by atoms with Crippen molar-refractivity contribution in [1.82, 2.24) is 10.6 Å². The normalized spacial score (nSPS) is 24.4. The highest BCUT2D eigenvalue weighted by atomic mass is 16.1. The first-order valence-corrected chi connectivity index (χ1v) is 6.14. The van der Waals surface area contributed by atoms with E-state index in [1.807, 2.05) is 0 Å². The zero-order valence-corrected chi connectivity index (χ0v) is 9.78. The van der Waals surface area contributed by atoms with Crippen LogP contribution in [0.2, 0.25) is 0 Å². The van der Waals surface area contributed by atoms with Crippen LogP contribution in [0.25, 0.3) is 0 Å². The van der Waals surface area contributed by atoms with Gasteiger partial charge in [0.25, 0.3) is 0 Å². The Bertz CT molecular complexity index is 386. The molecule has 0 saturated heterocycles. The van der Waals surface area contributed by atoms with Crippen LogP contribution in [-0.4, -0.2) is 11.9 Å². The molecule has 0 aromatic heterocycles. The number of amides is 1. The zero-order chi connectivity index (χ0) is 12.1. The fourth-order valence-electron chi connectivity index (χ4n) is 2.35. The van der Waals surface area contributed by atoms with Crippen LogP contribution in [0.5, 0.6) is 0 Å². The quantitative estimate of drug-likeness (QED) is 0.758. The van der Waals surface area contributed by atoms with Crippen LogP contribution in [0.1, 0.15) is 32.1 Å². The van der Waals surface area contributed by atoms with Gasteiger partial charge in [-0.2, -0.15) is 5.26 Å². The topological polar surface area (TPSA) is 64.9 Å². The van der Waals surface area contributed by atoms with Crippen LogP contribution in [0.4, 0.5) is 0 Å². The second-order valence-corrected chi connectivity index (χ2v) is 4.56. The van der Waals surface area contributed by atoms with Crippen molar-refractivity contribution in [3.05, 3.63) is 24.0 Å². The number of hydrogen-bond donors (Lipinski definition) is 2. The Balaban J connectivity index is 1.95. The number of dihydropyridines is 1. The average molecular weight is 231 g/mol. The van der Waals surface area contributed by atoms with E-state index in [2.05, 4.69) is 16.7 Å². The van der Waals surface area contributed by atoms with Crippen molar-refractivity contribution in [3.63, 3.8) is 0 Å². The third kappa shape index (κ3) is 2.88. The summed E-state index contributed by atoms with van der Waals surface area (Å²) < 4.78 is 0. The third-order valence-corrected chi connectivity index (χ3v) is 3.32. The summed E-state index contributed by atoms with van der Waals surface area (Å²) >= 11 is 0. The Morgan fingerprint density at radius 2 is 2.18 bits per heavy atom. The molecule has 1 saturated carbocycles. The molecule has 4 nitrogen and oxygen atoms in total. The first-order valence-electron chi connectivity index (χ1n) is 6.14. The van der Waals surface area contributed by atoms with Gasteiger partial charge in [0.2, 0.25) is 5.91 Å². The minimum Gasteiger partial charge on any atom is -0.367 e. The molecule has 1 atom stereocenters. The average Bonchev–Trinajstić information content (AvgIpc) is 2.40. The molecule has 1 fully saturated rings. The lowest BCUT2D eigenvalue weighted by Gasteiger charge is -2.25. The monoisotopic (exact) mass is 231 g/mol.